The van der Waals surface area contributed by atoms with Crippen molar-refractivity contribution < 1.29 is 87.8 Å². The van der Waals surface area contributed by atoms with Gasteiger partial charge in [-0.3, -0.25) is 52.7 Å². The van der Waals surface area contributed by atoms with Gasteiger partial charge in [-0.05, 0) is 78.9 Å². The predicted octanol–water partition coefficient (Wildman–Crippen LogP) is -5.11. The number of nitrogens with two attached hydrogens (primary N) is 3. The van der Waals surface area contributed by atoms with Crippen LogP contribution in [0.4, 0.5) is 0 Å². The average molecular weight is 1230 g/mol. The summed E-state index contributed by atoms with van der Waals surface area (Å²) in [7, 11) is 0. The number of carboxylic acids is 1. The second-order valence-electron chi connectivity index (χ2n) is 20.4. The van der Waals surface area contributed by atoms with Crippen LogP contribution in [0.5, 0.6) is 0 Å². The van der Waals surface area contributed by atoms with Crippen LogP contribution in [0.15, 0.2) is 11.8 Å². The average Bonchev–Trinajstić information content (AvgIpc) is 3.64. The van der Waals surface area contributed by atoms with E-state index in [2.05, 4.69) is 60.1 Å². The summed E-state index contributed by atoms with van der Waals surface area (Å²) in [5.74, 6) is -16.3. The minimum atomic E-state index is -2.41. The lowest BCUT2D eigenvalue weighted by Gasteiger charge is -2.29. The number of aliphatic hydroxyl groups excluding tert-OH is 4. The zero-order chi connectivity index (χ0) is 64.2. The Kier molecular flexibility index (Phi) is 38.0. The number of carbonyl (C=O) groups is 12. The monoisotopic (exact) mass is 1230 g/mol. The van der Waals surface area contributed by atoms with Crippen LogP contribution in [0.3, 0.4) is 0 Å². The van der Waals surface area contributed by atoms with Crippen molar-refractivity contribution in [2.24, 2.45) is 17.2 Å². The first-order valence-electron chi connectivity index (χ1n) is 28.8. The third-order valence-electron chi connectivity index (χ3n) is 13.3. The summed E-state index contributed by atoms with van der Waals surface area (Å²) in [6.07, 6.45) is 0.210. The molecule has 1 saturated heterocycles. The van der Waals surface area contributed by atoms with Gasteiger partial charge < -0.3 is 101 Å². The molecule has 21 N–H and O–H groups in total. The van der Waals surface area contributed by atoms with Crippen molar-refractivity contribution >= 4 is 82.6 Å². The number of cyclic esters (lactones) is 1. The molecule has 1 fully saturated rings. The highest BCUT2D eigenvalue weighted by atomic mass is 35.5. The number of hydrogen-bond donors (Lipinski definition) is 18. The molecule has 1 aliphatic rings. The van der Waals surface area contributed by atoms with E-state index in [0.717, 1.165) is 64.4 Å². The highest BCUT2D eigenvalue weighted by molar-refractivity contribution is 6.18. The van der Waals surface area contributed by atoms with Crippen molar-refractivity contribution in [1.82, 2.24) is 53.2 Å². The van der Waals surface area contributed by atoms with E-state index in [4.69, 9.17) is 33.5 Å². The molecular formula is C53H92ClN13O18. The molecule has 10 amide bonds. The van der Waals surface area contributed by atoms with Crippen LogP contribution < -0.4 is 70.4 Å². The highest BCUT2D eigenvalue weighted by Gasteiger charge is 2.40. The molecule has 0 aliphatic carbocycles. The molecule has 0 saturated carbocycles. The van der Waals surface area contributed by atoms with Crippen molar-refractivity contribution in [3.05, 3.63) is 11.8 Å². The van der Waals surface area contributed by atoms with Crippen LogP contribution in [0.1, 0.15) is 137 Å². The Labute approximate surface area is 499 Å². The third-order valence-corrected chi connectivity index (χ3v) is 13.6. The zero-order valence-electron chi connectivity index (χ0n) is 48.9. The fourth-order valence-electron chi connectivity index (χ4n) is 8.51. The van der Waals surface area contributed by atoms with E-state index in [1.807, 2.05) is 0 Å². The number of nitrogens with one attached hydrogen (secondary N) is 10. The van der Waals surface area contributed by atoms with Crippen LogP contribution in [-0.4, -0.2) is 208 Å². The summed E-state index contributed by atoms with van der Waals surface area (Å²) in [4.78, 5) is 165. The molecule has 0 aromatic heterocycles. The van der Waals surface area contributed by atoms with Crippen molar-refractivity contribution in [2.75, 3.05) is 38.7 Å². The van der Waals surface area contributed by atoms with Crippen molar-refractivity contribution in [1.29, 1.82) is 0 Å². The molecule has 12 atom stereocenters. The Hall–Kier alpha value is -6.61. The van der Waals surface area contributed by atoms with E-state index in [1.54, 1.807) is 0 Å². The number of hydrogen-bond acceptors (Lipinski definition) is 20. The summed E-state index contributed by atoms with van der Waals surface area (Å²) >= 11 is 5.91. The fraction of sp³-hybridized carbons (Fsp3) is 0.736. The number of aliphatic carboxylic acids is 1. The van der Waals surface area contributed by atoms with Crippen LogP contribution >= 0.6 is 11.6 Å². The van der Waals surface area contributed by atoms with Gasteiger partial charge in [-0.2, -0.15) is 0 Å². The maximum atomic E-state index is 14.2. The van der Waals surface area contributed by atoms with Gasteiger partial charge in [-0.15, -0.1) is 11.6 Å². The molecule has 85 heavy (non-hydrogen) atoms. The number of unbranched alkanes of at least 4 members (excludes halogenated alkanes) is 9. The van der Waals surface area contributed by atoms with Gasteiger partial charge in [-0.1, -0.05) is 70.8 Å². The van der Waals surface area contributed by atoms with Crippen LogP contribution in [-0.2, 0) is 62.3 Å². The van der Waals surface area contributed by atoms with Gasteiger partial charge in [0.2, 0.25) is 47.3 Å². The molecule has 0 spiro atoms. The first kappa shape index (κ1) is 76.4. The maximum Gasteiger partial charge on any atom is 0.331 e. The van der Waals surface area contributed by atoms with Gasteiger partial charge in [0.15, 0.2) is 12.1 Å². The topological polar surface area (TPSA) is 514 Å². The first-order valence-corrected chi connectivity index (χ1v) is 29.3. The second-order valence-corrected chi connectivity index (χ2v) is 20.7. The molecular weight excluding hydrogens is 1140 g/mol. The smallest absolute Gasteiger partial charge is 0.331 e. The molecule has 484 valence electrons. The van der Waals surface area contributed by atoms with Crippen molar-refractivity contribution in [3.8, 4) is 0 Å². The maximum absolute atomic E-state index is 14.2. The lowest BCUT2D eigenvalue weighted by molar-refractivity contribution is -0.153. The lowest BCUT2D eigenvalue weighted by atomic mass is 10.0. The van der Waals surface area contributed by atoms with Gasteiger partial charge >= 0.3 is 11.9 Å². The molecule has 0 aromatic rings. The number of esters is 1. The molecule has 6 unspecified atom stereocenters. The van der Waals surface area contributed by atoms with E-state index in [9.17, 15) is 83.1 Å². The molecule has 1 rings (SSSR count). The number of allylic oxidation sites excluding steroid dienone is 1. The molecule has 0 aromatic carbocycles. The summed E-state index contributed by atoms with van der Waals surface area (Å²) in [5, 5.41) is 75.9. The van der Waals surface area contributed by atoms with Crippen molar-refractivity contribution in [2.45, 2.75) is 210 Å². The van der Waals surface area contributed by atoms with Gasteiger partial charge in [-0.25, -0.2) is 4.79 Å². The summed E-state index contributed by atoms with van der Waals surface area (Å²) < 4.78 is 5.35. The molecule has 1 heterocycles. The molecule has 1 aliphatic heterocycles. The largest absolute Gasteiger partial charge is 0.481 e. The Morgan fingerprint density at radius 3 is 1.68 bits per heavy atom. The Morgan fingerprint density at radius 2 is 1.15 bits per heavy atom. The third kappa shape index (κ3) is 28.9. The summed E-state index contributed by atoms with van der Waals surface area (Å²) in [6.45, 7) is 4.08. The summed E-state index contributed by atoms with van der Waals surface area (Å²) in [6, 6.07) is -15.6. The first-order chi connectivity index (χ1) is 40.3. The normalized spacial score (nSPS) is 24.2. The number of ether oxygens (including phenoxy) is 1. The van der Waals surface area contributed by atoms with E-state index >= 15 is 0 Å². The van der Waals surface area contributed by atoms with Crippen LogP contribution in [0.25, 0.3) is 0 Å². The number of likely N-dealkylation sites (N-methyl/N-ethyl adjacent to an activating group) is 1. The lowest BCUT2D eigenvalue weighted by Crippen LogP contribution is -2.64. The van der Waals surface area contributed by atoms with E-state index in [0.29, 0.717) is 6.42 Å². The minimum Gasteiger partial charge on any atom is -0.481 e. The predicted molar refractivity (Wildman–Crippen MR) is 306 cm³/mol. The minimum absolute atomic E-state index is 0.0785. The number of carboxylic acid groups (broad SMARTS) is 1. The van der Waals surface area contributed by atoms with Crippen LogP contribution in [0.2, 0.25) is 0 Å². The number of halogens is 1. The van der Waals surface area contributed by atoms with Gasteiger partial charge in [0, 0.05) is 6.54 Å². The standard InChI is InChI=1S/C53H92ClN13O18/c1-5-8-9-10-11-12-13-14-15-18-30(69)25-38(71)59-36-28-85-53(84)41(37(70)27-54)66-44(75)31(6-2)60-50(81)40(29(4)68)65-47(78)34(21-24-57)63-51(82)42(43(74)52(83)58-7-3)67-46(77)32(19-16-17-22-55)61-48(79)35(26-39(72)73)64-45(76)33(20-23-56)62-49(36)80/h6,29-30,32-37,40-43,68-70,74H,5,7-28,55-57H2,1-4H3,(H,58,83)(H,59,71)(H,60,81)(H,61,79)(H,62,80)(H,63,82)(H,64,76)(H,65,78)(H,66,75)(H,67,77)(H,72,73)/b31-6+/t29-,30+,32?,33?,34-,35-,36?,37+,40?,41?,42?,43-/m0/s1. The second kappa shape index (κ2) is 42.2. The number of rotatable bonds is 29. The number of carbonyl (C=O) groups excluding carboxylic acids is 11. The summed E-state index contributed by atoms with van der Waals surface area (Å²) in [5.41, 5.74) is 16.6. The van der Waals surface area contributed by atoms with Crippen molar-refractivity contribution in [3.63, 3.8) is 0 Å². The molecule has 31 nitrogen and oxygen atoms in total. The Morgan fingerprint density at radius 1 is 0.635 bits per heavy atom. The van der Waals surface area contributed by atoms with E-state index in [-0.39, 0.29) is 51.9 Å². The quantitative estimate of drug-likeness (QED) is 0.0144. The van der Waals surface area contributed by atoms with Crippen LogP contribution in [0, 0.1) is 0 Å². The van der Waals surface area contributed by atoms with Gasteiger partial charge in [0.25, 0.3) is 11.8 Å². The van der Waals surface area contributed by atoms with E-state index in [1.165, 1.54) is 13.8 Å². The Bertz CT molecular complexity index is 2230. The number of amides is 10. The zero-order valence-corrected chi connectivity index (χ0v) is 49.7. The van der Waals surface area contributed by atoms with Gasteiger partial charge in [0.1, 0.15) is 54.6 Å². The molecule has 32 heteroatoms. The van der Waals surface area contributed by atoms with E-state index < -0.39 is 188 Å². The fourth-order valence-corrected chi connectivity index (χ4v) is 8.69. The SMILES string of the molecule is C/C=C1/NC(=O)C([C@H](C)O)NC(=O)[C@H](CCN)NC(=O)C([C@H](O)C(=O)NCC)NC(=O)C(CCCCN)NC(=O)[C@H](CC(=O)O)NC(=O)C(CCN)NC(=O)C(NC(=O)C[C@H](O)CCCCCCCCCCC)COC(=O)C([C@H](O)CCl)NC1=O. The molecule has 0 radical (unpaired) electrons. The van der Waals surface area contributed by atoms with Gasteiger partial charge in [0.05, 0.1) is 37.0 Å². The number of alkyl halides is 1. The molecule has 0 bridgehead atoms. The Balaban J connectivity index is 4.04. The number of aliphatic hydroxyl groups is 4. The highest BCUT2D eigenvalue weighted by Crippen LogP contribution is 2.14.